The third-order valence-corrected chi connectivity index (χ3v) is 2.07. The highest BCUT2D eigenvalue weighted by Crippen LogP contribution is 1.93. The first-order chi connectivity index (χ1) is 4.45. The van der Waals surface area contributed by atoms with Crippen LogP contribution in [0.4, 0.5) is 0 Å². The lowest BCUT2D eigenvalue weighted by Crippen LogP contribution is -2.31. The van der Waals surface area contributed by atoms with Gasteiger partial charge < -0.3 is 0 Å². The molecule has 0 aromatic heterocycles. The van der Waals surface area contributed by atoms with Crippen LogP contribution >= 0.6 is 12.6 Å². The summed E-state index contributed by atoms with van der Waals surface area (Å²) < 4.78 is 23.6. The average Bonchev–Trinajstić information content (AvgIpc) is 1.59. The number of rotatable bonds is 4. The van der Waals surface area contributed by atoms with Crippen molar-refractivity contribution in [1.82, 2.24) is 4.72 Å². The van der Waals surface area contributed by atoms with Gasteiger partial charge in [-0.15, -0.1) is 0 Å². The minimum atomic E-state index is -3.03. The molecule has 0 saturated carbocycles. The molecule has 1 N–H and O–H groups in total. The predicted octanol–water partition coefficient (Wildman–Crippen LogP) is 0.244. The summed E-state index contributed by atoms with van der Waals surface area (Å²) in [6.45, 7) is 1.82. The molecular weight excluding hydrogens is 170 g/mol. The molecule has 0 heterocycles. The smallest absolute Gasteiger partial charge is 0.208 e. The Bertz CT molecular complexity index is 176. The van der Waals surface area contributed by atoms with Crippen LogP contribution in [0.25, 0.3) is 0 Å². The highest BCUT2D eigenvalue weighted by molar-refractivity contribution is 7.88. The molecule has 0 aliphatic heterocycles. The van der Waals surface area contributed by atoms with Gasteiger partial charge >= 0.3 is 0 Å². The Morgan fingerprint density at radius 3 is 2.40 bits per heavy atom. The predicted molar refractivity (Wildman–Crippen MR) is 45.9 cm³/mol. The second kappa shape index (κ2) is 4.20. The summed E-state index contributed by atoms with van der Waals surface area (Å²) in [6.07, 6.45) is 1.91. The van der Waals surface area contributed by atoms with Crippen LogP contribution in [0.15, 0.2) is 0 Å². The van der Waals surface area contributed by atoms with Gasteiger partial charge in [0.1, 0.15) is 0 Å². The largest absolute Gasteiger partial charge is 0.213 e. The molecule has 0 bridgehead atoms. The summed E-state index contributed by atoms with van der Waals surface area (Å²) in [6, 6.07) is -0.00694. The van der Waals surface area contributed by atoms with Crippen molar-refractivity contribution in [2.24, 2.45) is 0 Å². The minimum Gasteiger partial charge on any atom is -0.213 e. The third-order valence-electron chi connectivity index (χ3n) is 0.977. The molecule has 5 heteroatoms. The number of hydrogen-bond donors (Lipinski definition) is 2. The third kappa shape index (κ3) is 6.38. The fourth-order valence-electron chi connectivity index (χ4n) is 0.618. The van der Waals surface area contributed by atoms with Crippen molar-refractivity contribution in [1.29, 1.82) is 0 Å². The zero-order valence-electron chi connectivity index (χ0n) is 6.16. The van der Waals surface area contributed by atoms with Gasteiger partial charge in [-0.05, 0) is 19.1 Å². The summed E-state index contributed by atoms with van der Waals surface area (Å²) in [5.74, 6) is 0.698. The number of hydrogen-bond acceptors (Lipinski definition) is 3. The van der Waals surface area contributed by atoms with Gasteiger partial charge in [-0.2, -0.15) is 12.6 Å². The Balaban J connectivity index is 3.69. The zero-order valence-corrected chi connectivity index (χ0v) is 7.87. The first-order valence-corrected chi connectivity index (χ1v) is 5.56. The molecule has 0 spiro atoms. The van der Waals surface area contributed by atoms with Crippen molar-refractivity contribution in [3.8, 4) is 0 Å². The Morgan fingerprint density at radius 2 is 2.10 bits per heavy atom. The lowest BCUT2D eigenvalue weighted by molar-refractivity contribution is 0.563. The van der Waals surface area contributed by atoms with E-state index in [4.69, 9.17) is 0 Å². The van der Waals surface area contributed by atoms with Crippen LogP contribution in [-0.4, -0.2) is 26.5 Å². The van der Waals surface area contributed by atoms with Gasteiger partial charge in [-0.25, -0.2) is 13.1 Å². The van der Waals surface area contributed by atoms with Crippen LogP contribution in [0.5, 0.6) is 0 Å². The summed E-state index contributed by atoms with van der Waals surface area (Å²) in [5, 5.41) is 0. The average molecular weight is 183 g/mol. The molecule has 0 aliphatic rings. The minimum absolute atomic E-state index is 0.00694. The molecule has 0 saturated heterocycles. The number of sulfonamides is 1. The Labute approximate surface area is 67.7 Å². The molecule has 62 valence electrons. The van der Waals surface area contributed by atoms with Gasteiger partial charge in [0, 0.05) is 6.04 Å². The zero-order chi connectivity index (χ0) is 8.20. The Kier molecular flexibility index (Phi) is 4.31. The normalized spacial score (nSPS) is 15.1. The maximum absolute atomic E-state index is 10.6. The lowest BCUT2D eigenvalue weighted by Gasteiger charge is -2.08. The second-order valence-corrected chi connectivity index (χ2v) is 4.53. The molecule has 10 heavy (non-hydrogen) atoms. The molecule has 0 amide bonds. The van der Waals surface area contributed by atoms with E-state index in [1.54, 1.807) is 0 Å². The summed E-state index contributed by atoms with van der Waals surface area (Å²) in [7, 11) is -3.03. The quantitative estimate of drug-likeness (QED) is 0.613. The van der Waals surface area contributed by atoms with Gasteiger partial charge in [0.05, 0.1) is 6.26 Å². The van der Waals surface area contributed by atoms with Crippen molar-refractivity contribution < 1.29 is 8.42 Å². The number of nitrogens with one attached hydrogen (secondary N) is 1. The van der Waals surface area contributed by atoms with Gasteiger partial charge in [0.25, 0.3) is 0 Å². The summed E-state index contributed by atoms with van der Waals surface area (Å²) in [5.41, 5.74) is 0. The van der Waals surface area contributed by atoms with E-state index >= 15 is 0 Å². The van der Waals surface area contributed by atoms with E-state index in [-0.39, 0.29) is 6.04 Å². The van der Waals surface area contributed by atoms with Crippen LogP contribution in [0.2, 0.25) is 0 Å². The SMILES string of the molecule is CC(CCS)NS(C)(=O)=O. The molecule has 0 fully saturated rings. The van der Waals surface area contributed by atoms with E-state index in [9.17, 15) is 8.42 Å². The van der Waals surface area contributed by atoms with Gasteiger partial charge in [-0.3, -0.25) is 0 Å². The first kappa shape index (κ1) is 10.3. The summed E-state index contributed by atoms with van der Waals surface area (Å²) >= 11 is 3.97. The van der Waals surface area contributed by atoms with E-state index in [0.717, 1.165) is 12.7 Å². The molecule has 0 radical (unpaired) electrons. The van der Waals surface area contributed by atoms with E-state index in [1.165, 1.54) is 0 Å². The molecular formula is C5H13NO2S2. The topological polar surface area (TPSA) is 46.2 Å². The fourth-order valence-corrected chi connectivity index (χ4v) is 1.85. The molecule has 1 atom stereocenters. The molecule has 0 aromatic rings. The van der Waals surface area contributed by atoms with E-state index in [1.807, 2.05) is 6.92 Å². The molecule has 0 rings (SSSR count). The Hall–Kier alpha value is 0.260. The molecule has 1 unspecified atom stereocenters. The second-order valence-electron chi connectivity index (χ2n) is 2.30. The van der Waals surface area contributed by atoms with Crippen LogP contribution in [0, 0.1) is 0 Å². The maximum atomic E-state index is 10.6. The maximum Gasteiger partial charge on any atom is 0.208 e. The van der Waals surface area contributed by atoms with Gasteiger partial charge in [0.2, 0.25) is 10.0 Å². The number of thiol groups is 1. The van der Waals surface area contributed by atoms with E-state index in [0.29, 0.717) is 5.75 Å². The van der Waals surface area contributed by atoms with E-state index in [2.05, 4.69) is 17.4 Å². The van der Waals surface area contributed by atoms with Crippen LogP contribution < -0.4 is 4.72 Å². The Morgan fingerprint density at radius 1 is 1.60 bits per heavy atom. The van der Waals surface area contributed by atoms with Gasteiger partial charge in [-0.1, -0.05) is 0 Å². The van der Waals surface area contributed by atoms with Crippen molar-refractivity contribution in [2.45, 2.75) is 19.4 Å². The van der Waals surface area contributed by atoms with Crippen LogP contribution in [0.1, 0.15) is 13.3 Å². The molecule has 3 nitrogen and oxygen atoms in total. The van der Waals surface area contributed by atoms with Crippen LogP contribution in [-0.2, 0) is 10.0 Å². The van der Waals surface area contributed by atoms with Crippen LogP contribution in [0.3, 0.4) is 0 Å². The molecule has 0 aliphatic carbocycles. The highest BCUT2D eigenvalue weighted by atomic mass is 32.2. The van der Waals surface area contributed by atoms with E-state index < -0.39 is 10.0 Å². The summed E-state index contributed by atoms with van der Waals surface area (Å²) in [4.78, 5) is 0. The monoisotopic (exact) mass is 183 g/mol. The molecule has 0 aromatic carbocycles. The first-order valence-electron chi connectivity index (χ1n) is 3.04. The van der Waals surface area contributed by atoms with Crippen molar-refractivity contribution in [2.75, 3.05) is 12.0 Å². The van der Waals surface area contributed by atoms with Crippen molar-refractivity contribution >= 4 is 22.7 Å². The van der Waals surface area contributed by atoms with Crippen molar-refractivity contribution in [3.63, 3.8) is 0 Å². The van der Waals surface area contributed by atoms with Crippen molar-refractivity contribution in [3.05, 3.63) is 0 Å². The van der Waals surface area contributed by atoms with Gasteiger partial charge in [0.15, 0.2) is 0 Å². The standard InChI is InChI=1S/C5H13NO2S2/c1-5(3-4-9)6-10(2,7)8/h5-6,9H,3-4H2,1-2H3. The highest BCUT2D eigenvalue weighted by Gasteiger charge is 2.06. The fraction of sp³-hybridized carbons (Fsp3) is 1.00. The lowest BCUT2D eigenvalue weighted by atomic mass is 10.3.